The van der Waals surface area contributed by atoms with Crippen LogP contribution in [0.15, 0.2) is 12.1 Å². The zero-order valence-corrected chi connectivity index (χ0v) is 11.0. The average Bonchev–Trinajstić information content (AvgIpc) is 2.42. The summed E-state index contributed by atoms with van der Waals surface area (Å²) in [7, 11) is 4.68. The molecule has 0 amide bonds. The number of anilines is 1. The molecule has 1 aromatic rings. The van der Waals surface area contributed by atoms with Crippen LogP contribution >= 0.6 is 0 Å². The van der Waals surface area contributed by atoms with E-state index in [4.69, 9.17) is 0 Å². The summed E-state index contributed by atoms with van der Waals surface area (Å²) in [6.45, 7) is 1.16. The molecule has 0 aromatic carbocycles. The molecule has 0 aliphatic heterocycles. The minimum atomic E-state index is -0.627. The molecule has 8 heteroatoms. The van der Waals surface area contributed by atoms with Crippen molar-refractivity contribution in [2.24, 2.45) is 0 Å². The summed E-state index contributed by atoms with van der Waals surface area (Å²) < 4.78 is 4.55. The van der Waals surface area contributed by atoms with Gasteiger partial charge in [-0.1, -0.05) is 0 Å². The fourth-order valence-corrected chi connectivity index (χ4v) is 1.47. The molecule has 104 valence electrons. The van der Waals surface area contributed by atoms with Gasteiger partial charge < -0.3 is 15.0 Å². The van der Waals surface area contributed by atoms with Crippen molar-refractivity contribution in [1.29, 1.82) is 0 Å². The van der Waals surface area contributed by atoms with Gasteiger partial charge in [0.15, 0.2) is 5.69 Å². The number of nitrogens with zero attached hydrogens (tertiary/aromatic N) is 3. The van der Waals surface area contributed by atoms with Gasteiger partial charge in [0.1, 0.15) is 0 Å². The second-order valence-electron chi connectivity index (χ2n) is 3.81. The van der Waals surface area contributed by atoms with Gasteiger partial charge in [0.25, 0.3) is 0 Å². The van der Waals surface area contributed by atoms with Crippen LogP contribution in [0, 0.1) is 10.1 Å². The first-order valence-electron chi connectivity index (χ1n) is 5.60. The summed E-state index contributed by atoms with van der Waals surface area (Å²) in [6.07, 6.45) is 0. The number of rotatable bonds is 6. The normalized spacial score (nSPS) is 10.1. The number of nitrogens with one attached hydrogen (secondary N) is 1. The van der Waals surface area contributed by atoms with Crippen LogP contribution in [0.4, 0.5) is 11.5 Å². The molecule has 0 radical (unpaired) electrons. The molecule has 0 atom stereocenters. The lowest BCUT2D eigenvalue weighted by atomic mass is 10.3. The topological polar surface area (TPSA) is 97.6 Å². The molecule has 0 aliphatic carbocycles. The van der Waals surface area contributed by atoms with Crippen LogP contribution in [-0.4, -0.2) is 50.2 Å². The van der Waals surface area contributed by atoms with E-state index in [1.807, 2.05) is 0 Å². The van der Waals surface area contributed by atoms with E-state index in [1.165, 1.54) is 19.2 Å². The second-order valence-corrected chi connectivity index (χ2v) is 3.81. The number of hydrogen-bond donors (Lipinski definition) is 1. The SMILES string of the molecule is CNCCN(C)c1nc(C(=O)OC)ccc1[N+](=O)[O-]. The van der Waals surface area contributed by atoms with Crippen molar-refractivity contribution in [2.45, 2.75) is 0 Å². The van der Waals surface area contributed by atoms with Crippen LogP contribution in [0.25, 0.3) is 0 Å². The smallest absolute Gasteiger partial charge is 0.356 e. The Morgan fingerprint density at radius 3 is 2.79 bits per heavy atom. The van der Waals surface area contributed by atoms with E-state index in [1.54, 1.807) is 19.0 Å². The zero-order valence-electron chi connectivity index (χ0n) is 11.0. The molecule has 1 aromatic heterocycles. The third kappa shape index (κ3) is 3.62. The van der Waals surface area contributed by atoms with Crippen molar-refractivity contribution in [3.63, 3.8) is 0 Å². The molecule has 1 heterocycles. The largest absolute Gasteiger partial charge is 0.464 e. The van der Waals surface area contributed by atoms with E-state index in [0.29, 0.717) is 13.1 Å². The fraction of sp³-hybridized carbons (Fsp3) is 0.455. The third-order valence-electron chi connectivity index (χ3n) is 2.50. The van der Waals surface area contributed by atoms with Crippen molar-refractivity contribution in [3.05, 3.63) is 27.9 Å². The van der Waals surface area contributed by atoms with E-state index in [-0.39, 0.29) is 17.2 Å². The maximum atomic E-state index is 11.4. The Morgan fingerprint density at radius 2 is 2.26 bits per heavy atom. The Balaban J connectivity index is 3.15. The quantitative estimate of drug-likeness (QED) is 0.454. The van der Waals surface area contributed by atoms with Gasteiger partial charge in [-0.05, 0) is 13.1 Å². The first kappa shape index (κ1) is 14.8. The van der Waals surface area contributed by atoms with Crippen LogP contribution in [0.3, 0.4) is 0 Å². The highest BCUT2D eigenvalue weighted by Gasteiger charge is 2.21. The van der Waals surface area contributed by atoms with Gasteiger partial charge in [-0.25, -0.2) is 9.78 Å². The molecule has 0 unspecified atom stereocenters. The first-order chi connectivity index (χ1) is 9.01. The van der Waals surface area contributed by atoms with Gasteiger partial charge in [0.05, 0.1) is 12.0 Å². The number of aromatic nitrogens is 1. The number of methoxy groups -OCH3 is 1. The van der Waals surface area contributed by atoms with Gasteiger partial charge in [-0.3, -0.25) is 10.1 Å². The molecule has 8 nitrogen and oxygen atoms in total. The molecule has 1 rings (SSSR count). The Labute approximate surface area is 110 Å². The lowest BCUT2D eigenvalue weighted by molar-refractivity contribution is -0.384. The summed E-state index contributed by atoms with van der Waals surface area (Å²) >= 11 is 0. The molecule has 0 fully saturated rings. The summed E-state index contributed by atoms with van der Waals surface area (Å²) in [6, 6.07) is 2.53. The van der Waals surface area contributed by atoms with Crippen molar-refractivity contribution in [2.75, 3.05) is 39.2 Å². The Kier molecular flexibility index (Phi) is 5.19. The highest BCUT2D eigenvalue weighted by molar-refractivity contribution is 5.88. The van der Waals surface area contributed by atoms with Crippen LogP contribution in [0.1, 0.15) is 10.5 Å². The number of carbonyl (C=O) groups excluding carboxylic acids is 1. The van der Waals surface area contributed by atoms with Gasteiger partial charge >= 0.3 is 11.7 Å². The van der Waals surface area contributed by atoms with E-state index in [9.17, 15) is 14.9 Å². The maximum Gasteiger partial charge on any atom is 0.356 e. The highest BCUT2D eigenvalue weighted by Crippen LogP contribution is 2.25. The minimum Gasteiger partial charge on any atom is -0.464 e. The highest BCUT2D eigenvalue weighted by atomic mass is 16.6. The summed E-state index contributed by atoms with van der Waals surface area (Å²) in [5.41, 5.74) is -0.106. The molecule has 0 spiro atoms. The molecular formula is C11H16N4O4. The van der Waals surface area contributed by atoms with Crippen molar-refractivity contribution in [1.82, 2.24) is 10.3 Å². The number of nitro groups is 1. The predicted molar refractivity (Wildman–Crippen MR) is 69.4 cm³/mol. The van der Waals surface area contributed by atoms with Gasteiger partial charge in [0, 0.05) is 26.2 Å². The Morgan fingerprint density at radius 1 is 1.58 bits per heavy atom. The standard InChI is InChI=1S/C11H16N4O4/c1-12-6-7-14(2)10-9(15(17)18)5-4-8(13-10)11(16)19-3/h4-5,12H,6-7H2,1-3H3. The van der Waals surface area contributed by atoms with Crippen LogP contribution < -0.4 is 10.2 Å². The lowest BCUT2D eigenvalue weighted by Gasteiger charge is -2.18. The third-order valence-corrected chi connectivity index (χ3v) is 2.50. The predicted octanol–water partition coefficient (Wildman–Crippen LogP) is 0.432. The Hall–Kier alpha value is -2.22. The lowest BCUT2D eigenvalue weighted by Crippen LogP contribution is -2.28. The number of carbonyl (C=O) groups is 1. The van der Waals surface area contributed by atoms with Crippen molar-refractivity contribution >= 4 is 17.5 Å². The molecule has 1 N–H and O–H groups in total. The van der Waals surface area contributed by atoms with E-state index in [2.05, 4.69) is 15.0 Å². The van der Waals surface area contributed by atoms with E-state index >= 15 is 0 Å². The second kappa shape index (κ2) is 6.64. The van der Waals surface area contributed by atoms with Gasteiger partial charge in [-0.15, -0.1) is 0 Å². The number of pyridine rings is 1. The van der Waals surface area contributed by atoms with Gasteiger partial charge in [-0.2, -0.15) is 0 Å². The summed E-state index contributed by atoms with van der Waals surface area (Å²) in [4.78, 5) is 27.4. The van der Waals surface area contributed by atoms with E-state index in [0.717, 1.165) is 0 Å². The zero-order chi connectivity index (χ0) is 14.4. The molecule has 0 saturated carbocycles. The fourth-order valence-electron chi connectivity index (χ4n) is 1.47. The maximum absolute atomic E-state index is 11.4. The summed E-state index contributed by atoms with van der Waals surface area (Å²) in [5, 5.41) is 13.9. The molecule has 0 bridgehead atoms. The first-order valence-corrected chi connectivity index (χ1v) is 5.60. The van der Waals surface area contributed by atoms with Crippen molar-refractivity contribution in [3.8, 4) is 0 Å². The Bertz CT molecular complexity index is 478. The van der Waals surface area contributed by atoms with Gasteiger partial charge in [0.2, 0.25) is 5.82 Å². The number of ether oxygens (including phenoxy) is 1. The monoisotopic (exact) mass is 268 g/mol. The number of hydrogen-bond acceptors (Lipinski definition) is 7. The number of likely N-dealkylation sites (N-methyl/N-ethyl adjacent to an activating group) is 2. The number of esters is 1. The minimum absolute atomic E-state index is 0.0411. The van der Waals surface area contributed by atoms with Crippen LogP contribution in [-0.2, 0) is 4.74 Å². The summed E-state index contributed by atoms with van der Waals surface area (Å²) in [5.74, 6) is -0.485. The van der Waals surface area contributed by atoms with Crippen LogP contribution in [0.2, 0.25) is 0 Å². The molecule has 0 saturated heterocycles. The molecule has 0 aliphatic rings. The molecular weight excluding hydrogens is 252 g/mol. The molecule has 19 heavy (non-hydrogen) atoms. The average molecular weight is 268 g/mol. The van der Waals surface area contributed by atoms with Crippen molar-refractivity contribution < 1.29 is 14.5 Å². The van der Waals surface area contributed by atoms with E-state index < -0.39 is 10.9 Å². The van der Waals surface area contributed by atoms with Crippen LogP contribution in [0.5, 0.6) is 0 Å².